The minimum absolute atomic E-state index is 0.0107. The summed E-state index contributed by atoms with van der Waals surface area (Å²) in [5, 5.41) is 28.9. The van der Waals surface area contributed by atoms with Gasteiger partial charge in [0, 0.05) is 24.0 Å². The number of rotatable bonds is 10. The van der Waals surface area contributed by atoms with Crippen molar-refractivity contribution < 1.29 is 19.8 Å². The summed E-state index contributed by atoms with van der Waals surface area (Å²) in [6, 6.07) is 13.7. The highest BCUT2D eigenvalue weighted by Crippen LogP contribution is 2.14. The molecule has 0 spiro atoms. The molecule has 2 aromatic rings. The van der Waals surface area contributed by atoms with Crippen molar-refractivity contribution in [3.8, 4) is 11.5 Å². The highest BCUT2D eigenvalue weighted by Gasteiger charge is 2.06. The van der Waals surface area contributed by atoms with Gasteiger partial charge in [0.1, 0.15) is 17.3 Å². The number of aliphatic hydroxyl groups is 1. The van der Waals surface area contributed by atoms with Crippen LogP contribution in [0, 0.1) is 5.41 Å². The fourth-order valence-electron chi connectivity index (χ4n) is 2.28. The third-order valence-corrected chi connectivity index (χ3v) is 3.86. The Kier molecular flexibility index (Phi) is 7.45. The largest absolute Gasteiger partial charge is 0.493 e. The zero-order chi connectivity index (χ0) is 19.6. The molecule has 0 amide bonds. The first-order valence-corrected chi connectivity index (χ1v) is 8.45. The van der Waals surface area contributed by atoms with Gasteiger partial charge in [-0.25, -0.2) is 0 Å². The lowest BCUT2D eigenvalue weighted by molar-refractivity contribution is 0.113. The van der Waals surface area contributed by atoms with Crippen LogP contribution in [0.15, 0.2) is 53.7 Å². The summed E-state index contributed by atoms with van der Waals surface area (Å²) in [5.41, 5.74) is 12.1. The molecular weight excluding hydrogens is 348 g/mol. The topological polar surface area (TPSA) is 147 Å². The van der Waals surface area contributed by atoms with Crippen LogP contribution in [0.4, 0.5) is 0 Å². The van der Waals surface area contributed by atoms with Gasteiger partial charge >= 0.3 is 0 Å². The minimum atomic E-state index is -0.544. The number of nitrogens with two attached hydrogens (primary N) is 2. The Morgan fingerprint density at radius 3 is 1.74 bits per heavy atom. The standard InChI is InChI=1S/C19H24N4O4/c20-18(21)13-1-5-16(6-2-13)26-11-9-15(24)10-12-27-17-7-3-14(4-8-17)19(22)23-25/h1-8,15,24-25H,9-12H2,(H3,20,21)(H2,22,23). The molecule has 0 saturated heterocycles. The lowest BCUT2D eigenvalue weighted by Gasteiger charge is -2.13. The summed E-state index contributed by atoms with van der Waals surface area (Å²) in [5.74, 6) is 1.34. The van der Waals surface area contributed by atoms with Crippen LogP contribution in [0.2, 0.25) is 0 Å². The second-order valence-electron chi connectivity index (χ2n) is 5.88. The van der Waals surface area contributed by atoms with Gasteiger partial charge in [-0.3, -0.25) is 5.41 Å². The van der Waals surface area contributed by atoms with E-state index in [1.54, 1.807) is 48.5 Å². The number of nitrogens with one attached hydrogen (secondary N) is 1. The van der Waals surface area contributed by atoms with Crippen LogP contribution in [0.1, 0.15) is 24.0 Å². The number of oxime groups is 1. The third-order valence-electron chi connectivity index (χ3n) is 3.86. The van der Waals surface area contributed by atoms with Gasteiger partial charge in [0.05, 0.1) is 19.3 Å². The first-order chi connectivity index (χ1) is 13.0. The number of hydrogen-bond donors (Lipinski definition) is 5. The van der Waals surface area contributed by atoms with Crippen molar-refractivity contribution in [3.05, 3.63) is 59.7 Å². The number of hydrogen-bond acceptors (Lipinski definition) is 6. The maximum atomic E-state index is 10.0. The first-order valence-electron chi connectivity index (χ1n) is 8.45. The Hall–Kier alpha value is -3.26. The molecule has 144 valence electrons. The molecule has 0 aliphatic rings. The summed E-state index contributed by atoms with van der Waals surface area (Å²) in [6.07, 6.45) is 0.396. The molecule has 27 heavy (non-hydrogen) atoms. The molecule has 0 saturated carbocycles. The molecule has 0 bridgehead atoms. The normalized spacial score (nSPS) is 12.4. The van der Waals surface area contributed by atoms with E-state index < -0.39 is 6.10 Å². The average Bonchev–Trinajstić information content (AvgIpc) is 2.68. The van der Waals surface area contributed by atoms with E-state index in [4.69, 9.17) is 31.6 Å². The predicted molar refractivity (Wildman–Crippen MR) is 103 cm³/mol. The number of nitrogens with zero attached hydrogens (tertiary/aromatic N) is 1. The first kappa shape index (κ1) is 20.1. The predicted octanol–water partition coefficient (Wildman–Crippen LogP) is 1.66. The minimum Gasteiger partial charge on any atom is -0.493 e. The number of nitrogen functional groups attached to an aromatic ring is 1. The monoisotopic (exact) mass is 372 g/mol. The van der Waals surface area contributed by atoms with E-state index >= 15 is 0 Å². The summed E-state index contributed by atoms with van der Waals surface area (Å²) in [6.45, 7) is 0.729. The molecule has 0 radical (unpaired) electrons. The molecule has 0 aromatic heterocycles. The van der Waals surface area contributed by atoms with Crippen LogP contribution in [-0.2, 0) is 0 Å². The number of amidine groups is 2. The Bertz CT molecular complexity index is 760. The van der Waals surface area contributed by atoms with Crippen molar-refractivity contribution in [2.24, 2.45) is 16.6 Å². The van der Waals surface area contributed by atoms with Crippen LogP contribution in [0.5, 0.6) is 11.5 Å². The molecule has 1 unspecified atom stereocenters. The van der Waals surface area contributed by atoms with Crippen molar-refractivity contribution in [2.45, 2.75) is 18.9 Å². The van der Waals surface area contributed by atoms with Crippen LogP contribution in [0.25, 0.3) is 0 Å². The van der Waals surface area contributed by atoms with E-state index in [0.29, 0.717) is 48.7 Å². The van der Waals surface area contributed by atoms with E-state index in [9.17, 15) is 5.11 Å². The molecule has 7 N–H and O–H groups in total. The van der Waals surface area contributed by atoms with E-state index in [2.05, 4.69) is 5.16 Å². The van der Waals surface area contributed by atoms with Crippen molar-refractivity contribution >= 4 is 11.7 Å². The van der Waals surface area contributed by atoms with Crippen molar-refractivity contribution in [1.82, 2.24) is 0 Å². The van der Waals surface area contributed by atoms with E-state index in [-0.39, 0.29) is 11.7 Å². The Morgan fingerprint density at radius 1 is 0.889 bits per heavy atom. The van der Waals surface area contributed by atoms with Gasteiger partial charge in [-0.2, -0.15) is 0 Å². The van der Waals surface area contributed by atoms with Gasteiger partial charge in [0.25, 0.3) is 0 Å². The fourth-order valence-corrected chi connectivity index (χ4v) is 2.28. The second kappa shape index (κ2) is 10.0. The lowest BCUT2D eigenvalue weighted by atomic mass is 10.2. The van der Waals surface area contributed by atoms with Gasteiger partial charge in [0.15, 0.2) is 5.84 Å². The molecule has 0 fully saturated rings. The number of aliphatic hydroxyl groups excluding tert-OH is 1. The maximum absolute atomic E-state index is 10.0. The molecule has 8 nitrogen and oxygen atoms in total. The Balaban J connectivity index is 1.66. The summed E-state index contributed by atoms with van der Waals surface area (Å²) >= 11 is 0. The number of ether oxygens (including phenoxy) is 2. The van der Waals surface area contributed by atoms with Crippen LogP contribution >= 0.6 is 0 Å². The van der Waals surface area contributed by atoms with Gasteiger partial charge < -0.3 is 31.3 Å². The van der Waals surface area contributed by atoms with Crippen molar-refractivity contribution in [1.29, 1.82) is 5.41 Å². The van der Waals surface area contributed by atoms with E-state index in [1.807, 2.05) is 0 Å². The van der Waals surface area contributed by atoms with Gasteiger partial charge in [-0.1, -0.05) is 5.16 Å². The molecule has 0 aliphatic carbocycles. The molecule has 2 rings (SSSR count). The smallest absolute Gasteiger partial charge is 0.170 e. The van der Waals surface area contributed by atoms with E-state index in [1.165, 1.54) is 0 Å². The van der Waals surface area contributed by atoms with E-state index in [0.717, 1.165) is 0 Å². The van der Waals surface area contributed by atoms with Gasteiger partial charge in [-0.15, -0.1) is 0 Å². The lowest BCUT2D eigenvalue weighted by Crippen LogP contribution is -2.16. The Labute approximate surface area is 157 Å². The molecule has 0 heterocycles. The van der Waals surface area contributed by atoms with Crippen molar-refractivity contribution in [2.75, 3.05) is 13.2 Å². The fraction of sp³-hybridized carbons (Fsp3) is 0.263. The molecule has 8 heteroatoms. The summed E-state index contributed by atoms with van der Waals surface area (Å²) in [7, 11) is 0. The van der Waals surface area contributed by atoms with Crippen molar-refractivity contribution in [3.63, 3.8) is 0 Å². The summed E-state index contributed by atoms with van der Waals surface area (Å²) < 4.78 is 11.1. The Morgan fingerprint density at radius 2 is 1.33 bits per heavy atom. The van der Waals surface area contributed by atoms with Gasteiger partial charge in [-0.05, 0) is 48.5 Å². The molecule has 2 aromatic carbocycles. The molecule has 1 atom stereocenters. The maximum Gasteiger partial charge on any atom is 0.170 e. The van der Waals surface area contributed by atoms with Crippen LogP contribution < -0.4 is 20.9 Å². The quantitative estimate of drug-likeness (QED) is 0.185. The number of benzene rings is 2. The third kappa shape index (κ3) is 6.52. The highest BCUT2D eigenvalue weighted by molar-refractivity contribution is 5.97. The highest BCUT2D eigenvalue weighted by atomic mass is 16.5. The molecular formula is C19H24N4O4. The molecule has 0 aliphatic heterocycles. The second-order valence-corrected chi connectivity index (χ2v) is 5.88. The zero-order valence-electron chi connectivity index (χ0n) is 14.8. The average molecular weight is 372 g/mol. The SMILES string of the molecule is N=C(N)c1ccc(OCCC(O)CCOc2ccc(/C(N)=N\O)cc2)cc1. The zero-order valence-corrected chi connectivity index (χ0v) is 14.8. The summed E-state index contributed by atoms with van der Waals surface area (Å²) in [4.78, 5) is 0. The van der Waals surface area contributed by atoms with Crippen LogP contribution in [-0.4, -0.2) is 41.3 Å². The van der Waals surface area contributed by atoms with Crippen LogP contribution in [0.3, 0.4) is 0 Å². The van der Waals surface area contributed by atoms with Gasteiger partial charge in [0.2, 0.25) is 0 Å².